The number of nitrogens with zero attached hydrogens (tertiary/aromatic N) is 2. The molecule has 0 saturated carbocycles. The van der Waals surface area contributed by atoms with Crippen LogP contribution in [0.2, 0.25) is 0 Å². The molecule has 2 N–H and O–H groups in total. The summed E-state index contributed by atoms with van der Waals surface area (Å²) >= 11 is 0. The zero-order valence-electron chi connectivity index (χ0n) is 14.1. The maximum absolute atomic E-state index is 13.0. The summed E-state index contributed by atoms with van der Waals surface area (Å²) in [5.74, 6) is -0.0566. The second-order valence-corrected chi connectivity index (χ2v) is 9.39. The van der Waals surface area contributed by atoms with E-state index in [0.29, 0.717) is 11.3 Å². The Balaban J connectivity index is 1.60. The van der Waals surface area contributed by atoms with Gasteiger partial charge in [-0.3, -0.25) is 4.79 Å². The van der Waals surface area contributed by atoms with Crippen molar-refractivity contribution in [3.05, 3.63) is 23.8 Å². The van der Waals surface area contributed by atoms with E-state index in [2.05, 4.69) is 4.90 Å². The number of carbonyl (C=O) groups is 1. The van der Waals surface area contributed by atoms with Crippen LogP contribution in [-0.4, -0.2) is 69.1 Å². The Morgan fingerprint density at radius 3 is 2.40 bits per heavy atom. The van der Waals surface area contributed by atoms with Gasteiger partial charge in [-0.1, -0.05) is 0 Å². The Bertz CT molecular complexity index is 769. The van der Waals surface area contributed by atoms with Gasteiger partial charge in [0.25, 0.3) is 5.91 Å². The fourth-order valence-electron chi connectivity index (χ4n) is 3.89. The number of anilines is 2. The van der Waals surface area contributed by atoms with E-state index in [9.17, 15) is 13.2 Å². The summed E-state index contributed by atoms with van der Waals surface area (Å²) < 4.78 is 29.1. The number of sulfone groups is 1. The van der Waals surface area contributed by atoms with E-state index in [-0.39, 0.29) is 42.7 Å². The fraction of sp³-hybridized carbons (Fsp3) is 0.588. The molecule has 1 amide bonds. The van der Waals surface area contributed by atoms with Crippen LogP contribution in [-0.2, 0) is 14.6 Å². The van der Waals surface area contributed by atoms with Crippen LogP contribution in [0.3, 0.4) is 0 Å². The molecule has 3 aliphatic heterocycles. The number of nitrogen functional groups attached to an aromatic ring is 1. The Hall–Kier alpha value is -1.80. The van der Waals surface area contributed by atoms with Gasteiger partial charge in [0.05, 0.1) is 35.0 Å². The Kier molecular flexibility index (Phi) is 4.11. The minimum Gasteiger partial charge on any atom is -0.399 e. The van der Waals surface area contributed by atoms with Crippen LogP contribution in [0.25, 0.3) is 0 Å². The SMILES string of the molecule is Nc1ccc(C(=O)N2CCS(=O)(=O)CC2)c(N2CC3CCC(C2)O3)c1. The first kappa shape index (κ1) is 16.7. The van der Waals surface area contributed by atoms with Gasteiger partial charge in [-0.25, -0.2) is 8.42 Å². The lowest BCUT2D eigenvalue weighted by atomic mass is 10.1. The summed E-state index contributed by atoms with van der Waals surface area (Å²) in [7, 11) is -3.02. The number of carbonyl (C=O) groups excluding carboxylic acids is 1. The molecule has 3 saturated heterocycles. The number of rotatable bonds is 2. The molecule has 2 bridgehead atoms. The highest BCUT2D eigenvalue weighted by Gasteiger charge is 2.35. The molecule has 0 spiro atoms. The van der Waals surface area contributed by atoms with Crippen molar-refractivity contribution in [2.24, 2.45) is 0 Å². The third kappa shape index (κ3) is 3.32. The minimum atomic E-state index is -3.02. The fourth-order valence-corrected chi connectivity index (χ4v) is 5.09. The molecule has 25 heavy (non-hydrogen) atoms. The van der Waals surface area contributed by atoms with Crippen molar-refractivity contribution in [2.45, 2.75) is 25.0 Å². The highest BCUT2D eigenvalue weighted by Crippen LogP contribution is 2.33. The number of nitrogens with two attached hydrogens (primary N) is 1. The quantitative estimate of drug-likeness (QED) is 0.768. The first-order valence-electron chi connectivity index (χ1n) is 8.71. The summed E-state index contributed by atoms with van der Waals surface area (Å²) in [5.41, 5.74) is 8.01. The van der Waals surface area contributed by atoms with E-state index in [4.69, 9.17) is 10.5 Å². The lowest BCUT2D eigenvalue weighted by Crippen LogP contribution is -2.46. The predicted octanol–water partition coefficient (Wildman–Crippen LogP) is 0.507. The zero-order valence-corrected chi connectivity index (χ0v) is 14.9. The average Bonchev–Trinajstić information content (AvgIpc) is 2.92. The maximum atomic E-state index is 13.0. The van der Waals surface area contributed by atoms with E-state index < -0.39 is 9.84 Å². The van der Waals surface area contributed by atoms with Crippen LogP contribution < -0.4 is 10.6 Å². The first-order valence-corrected chi connectivity index (χ1v) is 10.5. The third-order valence-corrected chi connectivity index (χ3v) is 6.88. The number of hydrogen-bond acceptors (Lipinski definition) is 6. The number of amides is 1. The number of fused-ring (bicyclic) bond motifs is 2. The average molecular weight is 365 g/mol. The van der Waals surface area contributed by atoms with Gasteiger partial charge in [-0.2, -0.15) is 0 Å². The number of benzene rings is 1. The summed E-state index contributed by atoms with van der Waals surface area (Å²) in [6.45, 7) is 2.02. The van der Waals surface area contributed by atoms with Crippen molar-refractivity contribution in [3.63, 3.8) is 0 Å². The van der Waals surface area contributed by atoms with E-state index >= 15 is 0 Å². The molecular weight excluding hydrogens is 342 g/mol. The van der Waals surface area contributed by atoms with E-state index in [1.165, 1.54) is 0 Å². The first-order chi connectivity index (χ1) is 11.9. The van der Waals surface area contributed by atoms with Gasteiger partial charge < -0.3 is 20.3 Å². The highest BCUT2D eigenvalue weighted by atomic mass is 32.2. The Morgan fingerprint density at radius 1 is 1.12 bits per heavy atom. The molecule has 0 radical (unpaired) electrons. The van der Waals surface area contributed by atoms with Gasteiger partial charge >= 0.3 is 0 Å². The molecule has 7 nitrogen and oxygen atoms in total. The topological polar surface area (TPSA) is 92.9 Å². The molecule has 0 aliphatic carbocycles. The second-order valence-electron chi connectivity index (χ2n) is 7.08. The van der Waals surface area contributed by atoms with Gasteiger partial charge in [0, 0.05) is 31.9 Å². The Labute approximate surface area is 147 Å². The molecule has 136 valence electrons. The molecule has 4 rings (SSSR count). The van der Waals surface area contributed by atoms with Crippen LogP contribution in [0, 0.1) is 0 Å². The monoisotopic (exact) mass is 365 g/mol. The van der Waals surface area contributed by atoms with Crippen LogP contribution in [0.5, 0.6) is 0 Å². The third-order valence-electron chi connectivity index (χ3n) is 5.27. The van der Waals surface area contributed by atoms with E-state index in [0.717, 1.165) is 31.6 Å². The largest absolute Gasteiger partial charge is 0.399 e. The molecule has 2 atom stereocenters. The second kappa shape index (κ2) is 6.17. The smallest absolute Gasteiger partial charge is 0.256 e. The van der Waals surface area contributed by atoms with Crippen LogP contribution >= 0.6 is 0 Å². The molecule has 2 unspecified atom stereocenters. The Morgan fingerprint density at radius 2 is 1.76 bits per heavy atom. The lowest BCUT2D eigenvalue weighted by Gasteiger charge is -2.36. The summed E-state index contributed by atoms with van der Waals surface area (Å²) in [5, 5.41) is 0. The van der Waals surface area contributed by atoms with Gasteiger partial charge in [-0.15, -0.1) is 0 Å². The van der Waals surface area contributed by atoms with Crippen molar-refractivity contribution in [1.29, 1.82) is 0 Å². The van der Waals surface area contributed by atoms with Crippen molar-refractivity contribution in [1.82, 2.24) is 4.90 Å². The minimum absolute atomic E-state index is 0.0325. The molecule has 1 aromatic rings. The standard InChI is InChI=1S/C17H23N3O4S/c18-12-1-4-15(17(21)19-5-7-25(22,23)8-6-19)16(9-12)20-10-13-2-3-14(11-20)24-13/h1,4,9,13-14H,2-3,5-8,10-11,18H2. The normalized spacial score (nSPS) is 28.2. The summed E-state index contributed by atoms with van der Waals surface area (Å²) in [4.78, 5) is 16.8. The van der Waals surface area contributed by atoms with Gasteiger partial charge in [0.1, 0.15) is 0 Å². The van der Waals surface area contributed by atoms with Crippen molar-refractivity contribution in [2.75, 3.05) is 48.3 Å². The van der Waals surface area contributed by atoms with Crippen LogP contribution in [0.15, 0.2) is 18.2 Å². The predicted molar refractivity (Wildman–Crippen MR) is 95.5 cm³/mol. The summed E-state index contributed by atoms with van der Waals surface area (Å²) in [6.07, 6.45) is 2.53. The van der Waals surface area contributed by atoms with Crippen molar-refractivity contribution >= 4 is 27.1 Å². The zero-order chi connectivity index (χ0) is 17.6. The molecule has 3 heterocycles. The van der Waals surface area contributed by atoms with Crippen molar-refractivity contribution in [3.8, 4) is 0 Å². The number of hydrogen-bond donors (Lipinski definition) is 1. The van der Waals surface area contributed by atoms with Crippen LogP contribution in [0.1, 0.15) is 23.2 Å². The molecular formula is C17H23N3O4S. The van der Waals surface area contributed by atoms with E-state index in [1.54, 1.807) is 17.0 Å². The van der Waals surface area contributed by atoms with Crippen LogP contribution in [0.4, 0.5) is 11.4 Å². The molecule has 0 aromatic heterocycles. The summed E-state index contributed by atoms with van der Waals surface area (Å²) in [6, 6.07) is 5.33. The van der Waals surface area contributed by atoms with Crippen molar-refractivity contribution < 1.29 is 17.9 Å². The van der Waals surface area contributed by atoms with Gasteiger partial charge in [0.2, 0.25) is 0 Å². The van der Waals surface area contributed by atoms with E-state index in [1.807, 2.05) is 6.07 Å². The highest BCUT2D eigenvalue weighted by molar-refractivity contribution is 7.91. The van der Waals surface area contributed by atoms with Gasteiger partial charge in [0.15, 0.2) is 9.84 Å². The molecule has 3 fully saturated rings. The number of ether oxygens (including phenoxy) is 1. The molecule has 3 aliphatic rings. The lowest BCUT2D eigenvalue weighted by molar-refractivity contribution is 0.0303. The maximum Gasteiger partial charge on any atom is 0.256 e. The number of morpholine rings is 1. The molecule has 8 heteroatoms. The van der Waals surface area contributed by atoms with Gasteiger partial charge in [-0.05, 0) is 31.0 Å². The molecule has 1 aromatic carbocycles.